The van der Waals surface area contributed by atoms with E-state index in [0.29, 0.717) is 25.2 Å². The van der Waals surface area contributed by atoms with Crippen molar-refractivity contribution in [2.75, 3.05) is 29.0 Å². The molecule has 0 bridgehead atoms. The molecule has 0 aromatic heterocycles. The van der Waals surface area contributed by atoms with E-state index in [1.54, 1.807) is 7.05 Å². The molecule has 1 fully saturated rings. The molecule has 2 aromatic carbocycles. The van der Waals surface area contributed by atoms with Gasteiger partial charge in [0.1, 0.15) is 5.82 Å². The minimum atomic E-state index is -3.37. The van der Waals surface area contributed by atoms with Gasteiger partial charge in [-0.1, -0.05) is 28.1 Å². The number of urea groups is 1. The van der Waals surface area contributed by atoms with Gasteiger partial charge in [-0.25, -0.2) is 17.6 Å². The van der Waals surface area contributed by atoms with Crippen molar-refractivity contribution in [2.24, 2.45) is 0 Å². The lowest BCUT2D eigenvalue weighted by molar-refractivity contribution is 0.220. The number of rotatable bonds is 4. The van der Waals surface area contributed by atoms with Crippen LogP contribution in [0.5, 0.6) is 0 Å². The van der Waals surface area contributed by atoms with Gasteiger partial charge in [0.2, 0.25) is 10.0 Å². The first-order valence-electron chi connectivity index (χ1n) is 8.33. The van der Waals surface area contributed by atoms with Gasteiger partial charge in [-0.15, -0.1) is 0 Å². The summed E-state index contributed by atoms with van der Waals surface area (Å²) < 4.78 is 40.4. The van der Waals surface area contributed by atoms with Crippen LogP contribution in [-0.2, 0) is 16.6 Å². The topological polar surface area (TPSA) is 69.7 Å². The molecule has 2 aromatic rings. The smallest absolute Gasteiger partial charge is 0.321 e. The van der Waals surface area contributed by atoms with Crippen molar-refractivity contribution in [1.82, 2.24) is 4.90 Å². The molecule has 0 radical (unpaired) electrons. The molecule has 1 N–H and O–H groups in total. The molecule has 0 atom stereocenters. The maximum Gasteiger partial charge on any atom is 0.321 e. The summed E-state index contributed by atoms with van der Waals surface area (Å²) in [6.45, 7) is 0.700. The Balaban J connectivity index is 1.73. The van der Waals surface area contributed by atoms with Crippen molar-refractivity contribution >= 4 is 43.4 Å². The predicted molar refractivity (Wildman–Crippen MR) is 107 cm³/mol. The van der Waals surface area contributed by atoms with E-state index < -0.39 is 21.9 Å². The second-order valence-electron chi connectivity index (χ2n) is 6.32. The number of carbonyl (C=O) groups is 1. The van der Waals surface area contributed by atoms with E-state index in [2.05, 4.69) is 21.2 Å². The molecule has 3 rings (SSSR count). The Morgan fingerprint density at radius 2 is 1.96 bits per heavy atom. The van der Waals surface area contributed by atoms with Crippen LogP contribution in [0.1, 0.15) is 12.0 Å². The van der Waals surface area contributed by atoms with E-state index in [0.717, 1.165) is 16.1 Å². The van der Waals surface area contributed by atoms with Gasteiger partial charge in [-0.2, -0.15) is 0 Å². The van der Waals surface area contributed by atoms with Crippen molar-refractivity contribution in [3.63, 3.8) is 0 Å². The first-order valence-corrected chi connectivity index (χ1v) is 10.7. The lowest BCUT2D eigenvalue weighted by Crippen LogP contribution is -2.31. The Labute approximate surface area is 166 Å². The monoisotopic (exact) mass is 455 g/mol. The minimum Gasteiger partial charge on any atom is -0.323 e. The number of halogens is 2. The normalized spacial score (nSPS) is 15.6. The highest BCUT2D eigenvalue weighted by Crippen LogP contribution is 2.28. The van der Waals surface area contributed by atoms with Crippen LogP contribution in [0.3, 0.4) is 0 Å². The Morgan fingerprint density at radius 1 is 1.26 bits per heavy atom. The number of hydrogen-bond donors (Lipinski definition) is 1. The Morgan fingerprint density at radius 3 is 2.59 bits per heavy atom. The van der Waals surface area contributed by atoms with Gasteiger partial charge >= 0.3 is 6.03 Å². The number of anilines is 2. The maximum absolute atomic E-state index is 14.1. The molecule has 27 heavy (non-hydrogen) atoms. The van der Waals surface area contributed by atoms with Crippen LogP contribution in [0.25, 0.3) is 0 Å². The average Bonchev–Trinajstić information content (AvgIpc) is 2.98. The number of amides is 2. The number of hydrogen-bond acceptors (Lipinski definition) is 3. The SMILES string of the molecule is CN(Cc1ccc(Br)cc1)C(=O)Nc1cc(N2CCCS2(=O)=O)ccc1F. The highest BCUT2D eigenvalue weighted by atomic mass is 79.9. The lowest BCUT2D eigenvalue weighted by atomic mass is 10.2. The van der Waals surface area contributed by atoms with E-state index in [1.807, 2.05) is 24.3 Å². The first-order chi connectivity index (χ1) is 12.8. The first kappa shape index (κ1) is 19.6. The third-order valence-corrected chi connectivity index (χ3v) is 6.66. The zero-order valence-corrected chi connectivity index (χ0v) is 17.1. The summed E-state index contributed by atoms with van der Waals surface area (Å²) in [5.74, 6) is -0.553. The van der Waals surface area contributed by atoms with Crippen molar-refractivity contribution in [3.05, 3.63) is 58.3 Å². The summed E-state index contributed by atoms with van der Waals surface area (Å²) in [6, 6.07) is 10.9. The number of sulfonamides is 1. The number of benzene rings is 2. The summed E-state index contributed by atoms with van der Waals surface area (Å²) in [6.07, 6.45) is 0.525. The van der Waals surface area contributed by atoms with Gasteiger partial charge in [0.15, 0.2) is 0 Å². The van der Waals surface area contributed by atoms with Crippen LogP contribution in [0, 0.1) is 5.82 Å². The lowest BCUT2D eigenvalue weighted by Gasteiger charge is -2.20. The minimum absolute atomic E-state index is 0.0535. The summed E-state index contributed by atoms with van der Waals surface area (Å²) in [7, 11) is -1.77. The van der Waals surface area contributed by atoms with E-state index >= 15 is 0 Å². The van der Waals surface area contributed by atoms with Crippen LogP contribution in [0.4, 0.5) is 20.6 Å². The van der Waals surface area contributed by atoms with Crippen molar-refractivity contribution in [2.45, 2.75) is 13.0 Å². The molecule has 1 aliphatic rings. The van der Waals surface area contributed by atoms with Gasteiger partial charge in [-0.05, 0) is 42.3 Å². The average molecular weight is 456 g/mol. The highest BCUT2D eigenvalue weighted by Gasteiger charge is 2.29. The van der Waals surface area contributed by atoms with Crippen LogP contribution in [-0.4, -0.2) is 38.7 Å². The van der Waals surface area contributed by atoms with Crippen LogP contribution in [0.2, 0.25) is 0 Å². The molecule has 1 saturated heterocycles. The van der Waals surface area contributed by atoms with Gasteiger partial charge in [0, 0.05) is 24.6 Å². The van der Waals surface area contributed by atoms with Gasteiger partial charge in [0.05, 0.1) is 17.1 Å². The molecular weight excluding hydrogens is 437 g/mol. The third-order valence-electron chi connectivity index (χ3n) is 4.26. The maximum atomic E-state index is 14.1. The van der Waals surface area contributed by atoms with Crippen LogP contribution in [0.15, 0.2) is 46.9 Å². The number of nitrogens with one attached hydrogen (secondary N) is 1. The second kappa shape index (κ2) is 7.85. The highest BCUT2D eigenvalue weighted by molar-refractivity contribution is 9.10. The Kier molecular flexibility index (Phi) is 5.71. The molecule has 1 heterocycles. The standard InChI is InChI=1S/C18H19BrFN3O3S/c1-22(12-13-3-5-14(19)6-4-13)18(24)21-17-11-15(7-8-16(17)20)23-9-2-10-27(23,25)26/h3-8,11H,2,9-10,12H2,1H3,(H,21,24). The van der Waals surface area contributed by atoms with E-state index in [-0.39, 0.29) is 11.4 Å². The van der Waals surface area contributed by atoms with Crippen LogP contribution < -0.4 is 9.62 Å². The molecule has 0 unspecified atom stereocenters. The molecule has 0 spiro atoms. The van der Waals surface area contributed by atoms with Gasteiger partial charge in [0.25, 0.3) is 0 Å². The van der Waals surface area contributed by atoms with E-state index in [9.17, 15) is 17.6 Å². The number of nitrogens with zero attached hydrogens (tertiary/aromatic N) is 2. The van der Waals surface area contributed by atoms with Gasteiger partial charge < -0.3 is 10.2 Å². The third kappa shape index (κ3) is 4.59. The largest absolute Gasteiger partial charge is 0.323 e. The molecule has 0 aliphatic carbocycles. The molecule has 6 nitrogen and oxygen atoms in total. The Bertz CT molecular complexity index is 951. The zero-order chi connectivity index (χ0) is 19.6. The van der Waals surface area contributed by atoms with Crippen molar-refractivity contribution in [3.8, 4) is 0 Å². The Hall–Kier alpha value is -2.13. The van der Waals surface area contributed by atoms with Crippen LogP contribution >= 0.6 is 15.9 Å². The molecular formula is C18H19BrFN3O3S. The fraction of sp³-hybridized carbons (Fsp3) is 0.278. The zero-order valence-electron chi connectivity index (χ0n) is 14.7. The summed E-state index contributed by atoms with van der Waals surface area (Å²) >= 11 is 3.35. The molecule has 1 aliphatic heterocycles. The fourth-order valence-corrected chi connectivity index (χ4v) is 4.66. The molecule has 144 valence electrons. The van der Waals surface area contributed by atoms with E-state index in [1.165, 1.54) is 21.3 Å². The summed E-state index contributed by atoms with van der Waals surface area (Å²) in [5, 5.41) is 2.51. The van der Waals surface area contributed by atoms with Gasteiger partial charge in [-0.3, -0.25) is 4.31 Å². The number of carbonyl (C=O) groups excluding carboxylic acids is 1. The molecule has 0 saturated carbocycles. The quantitative estimate of drug-likeness (QED) is 0.761. The van der Waals surface area contributed by atoms with Crippen molar-refractivity contribution < 1.29 is 17.6 Å². The van der Waals surface area contributed by atoms with Crippen molar-refractivity contribution in [1.29, 1.82) is 0 Å². The van der Waals surface area contributed by atoms with E-state index in [4.69, 9.17) is 0 Å². The fourth-order valence-electron chi connectivity index (χ4n) is 2.84. The second-order valence-corrected chi connectivity index (χ2v) is 9.25. The summed E-state index contributed by atoms with van der Waals surface area (Å²) in [5.41, 5.74) is 1.22. The summed E-state index contributed by atoms with van der Waals surface area (Å²) in [4.78, 5) is 13.8. The molecule has 9 heteroatoms. The molecule has 2 amide bonds. The predicted octanol–water partition coefficient (Wildman–Crippen LogP) is 3.79.